The number of pyridine rings is 2. The van der Waals surface area contributed by atoms with Crippen LogP contribution >= 0.6 is 0 Å². The molecule has 0 spiro atoms. The zero-order valence-corrected chi connectivity index (χ0v) is 38.9. The fourth-order valence-corrected chi connectivity index (χ4v) is 7.95. The summed E-state index contributed by atoms with van der Waals surface area (Å²) in [6, 6.07) is 44.3. The van der Waals surface area contributed by atoms with Gasteiger partial charge in [-0.1, -0.05) is 160 Å². The molecule has 0 saturated heterocycles. The summed E-state index contributed by atoms with van der Waals surface area (Å²) in [7, 11) is 0. The van der Waals surface area contributed by atoms with Crippen molar-refractivity contribution in [1.29, 1.82) is 0 Å². The second-order valence-corrected chi connectivity index (χ2v) is 19.6. The number of hydrogen-bond donors (Lipinski definition) is 1. The van der Waals surface area contributed by atoms with Gasteiger partial charge in [0.1, 0.15) is 17.4 Å². The van der Waals surface area contributed by atoms with Gasteiger partial charge in [0.2, 0.25) is 0 Å². The molecule has 0 saturated carbocycles. The van der Waals surface area contributed by atoms with E-state index in [2.05, 4.69) is 184 Å². The van der Waals surface area contributed by atoms with Crippen LogP contribution in [0.2, 0.25) is 0 Å². The summed E-state index contributed by atoms with van der Waals surface area (Å²) in [6.07, 6.45) is 3.84. The number of aromatic hydroxyl groups is 1. The van der Waals surface area contributed by atoms with E-state index in [1.807, 2.05) is 24.5 Å². The molecule has 5 aromatic carbocycles. The third kappa shape index (κ3) is 7.97. The van der Waals surface area contributed by atoms with Crippen LogP contribution in [0.4, 0.5) is 0 Å². The largest absolute Gasteiger partial charge is 0.507 e. The number of benzene rings is 5. The maximum atomic E-state index is 11.6. The number of rotatable bonds is 6. The zero-order valence-electron chi connectivity index (χ0n) is 36.7. The molecule has 6 heteroatoms. The van der Waals surface area contributed by atoms with E-state index in [-0.39, 0.29) is 48.5 Å². The maximum Gasteiger partial charge on any atom is 0.149 e. The number of phenols is 1. The summed E-state index contributed by atoms with van der Waals surface area (Å²) in [5.74, 6) is 1.52. The molecule has 0 unspecified atom stereocenters. The summed E-state index contributed by atoms with van der Waals surface area (Å²) >= 11 is 0. The van der Waals surface area contributed by atoms with Gasteiger partial charge in [0.05, 0.1) is 16.6 Å². The number of fused-ring (bicyclic) bond motifs is 2. The van der Waals surface area contributed by atoms with Crippen LogP contribution in [0.1, 0.15) is 104 Å². The third-order valence-corrected chi connectivity index (χ3v) is 11.9. The van der Waals surface area contributed by atoms with E-state index in [9.17, 15) is 5.11 Å². The second kappa shape index (κ2) is 15.6. The van der Waals surface area contributed by atoms with Crippen LogP contribution in [-0.2, 0) is 42.7 Å². The Bertz CT molecular complexity index is 2850. The molecule has 0 atom stereocenters. The molecule has 3 aromatic heterocycles. The molecule has 0 radical (unpaired) electrons. The minimum atomic E-state index is -0.346. The Labute approximate surface area is 370 Å². The maximum absolute atomic E-state index is 11.6. The Balaban J connectivity index is 0.00000544. The summed E-state index contributed by atoms with van der Waals surface area (Å²) in [6.45, 7) is 24.5. The van der Waals surface area contributed by atoms with Gasteiger partial charge in [-0.3, -0.25) is 9.55 Å². The van der Waals surface area contributed by atoms with Crippen LogP contribution in [0.25, 0.3) is 61.4 Å². The van der Waals surface area contributed by atoms with Crippen LogP contribution in [0.3, 0.4) is 0 Å². The van der Waals surface area contributed by atoms with Gasteiger partial charge in [0, 0.05) is 44.4 Å². The molecule has 1 N–H and O–H groups in total. The number of aromatic nitrogens is 4. The second-order valence-electron chi connectivity index (χ2n) is 19.6. The van der Waals surface area contributed by atoms with Crippen molar-refractivity contribution in [3.8, 4) is 45.2 Å². The van der Waals surface area contributed by atoms with Crippen LogP contribution in [0.5, 0.6) is 5.75 Å². The molecule has 308 valence electrons. The molecule has 8 aromatic rings. The van der Waals surface area contributed by atoms with Crippen molar-refractivity contribution < 1.29 is 26.2 Å². The molecule has 0 aliphatic carbocycles. The van der Waals surface area contributed by atoms with Crippen LogP contribution in [0, 0.1) is 6.07 Å². The summed E-state index contributed by atoms with van der Waals surface area (Å²) in [4.78, 5) is 15.5. The molecule has 0 aliphatic rings. The van der Waals surface area contributed by atoms with E-state index in [4.69, 9.17) is 15.0 Å². The van der Waals surface area contributed by atoms with Crippen molar-refractivity contribution in [1.82, 2.24) is 19.5 Å². The van der Waals surface area contributed by atoms with Gasteiger partial charge in [-0.25, -0.2) is 9.97 Å². The van der Waals surface area contributed by atoms with Crippen molar-refractivity contribution >= 4 is 21.9 Å². The average Bonchev–Trinajstić information content (AvgIpc) is 3.59. The van der Waals surface area contributed by atoms with Gasteiger partial charge < -0.3 is 5.11 Å². The molecule has 3 heterocycles. The molecule has 0 bridgehead atoms. The number of nitrogens with zero attached hydrogens (tertiary/aromatic N) is 4. The SMILES string of the molecule is CC(C)(C)c1ccc(-n2c(-c3cc(C(C)(C)C)ccc3O)nc3c(-c4[c-]c(-c5cc(C(C)(C)C)cc6cccnc56)cc(C(C)(C)c5ccccc5)c4)cccc32)nc1.[Pt]. The Morgan fingerprint density at radius 1 is 0.517 bits per heavy atom. The number of hydrogen-bond acceptors (Lipinski definition) is 4. The molecular weight excluding hydrogens is 916 g/mol. The summed E-state index contributed by atoms with van der Waals surface area (Å²) < 4.78 is 2.09. The average molecular weight is 971 g/mol. The molecule has 8 rings (SSSR count). The Morgan fingerprint density at radius 2 is 1.17 bits per heavy atom. The standard InChI is InChI=1S/C54H55N4O.Pt/c1-51(2,3)38-22-24-46(59)44(31-38)50-57-49-42(20-15-21-45(49)58(50)47-25-23-39(33-56-47)52(4,5)6)35-27-36(30-41(29-35)54(10,11)37-18-13-12-14-19-37)43-32-40(53(7,8)9)28-34-17-16-26-55-48(34)43;/h12-26,28-33,59H,1-11H3;/q-1;. The molecular formula is C54H55N4OPt-. The zero-order chi connectivity index (χ0) is 42.1. The van der Waals surface area contributed by atoms with Crippen LogP contribution in [0.15, 0.2) is 128 Å². The van der Waals surface area contributed by atoms with Gasteiger partial charge in [-0.2, -0.15) is 0 Å². The monoisotopic (exact) mass is 970 g/mol. The Morgan fingerprint density at radius 3 is 1.82 bits per heavy atom. The van der Waals surface area contributed by atoms with Crippen LogP contribution < -0.4 is 0 Å². The predicted molar refractivity (Wildman–Crippen MR) is 246 cm³/mol. The first-order chi connectivity index (χ1) is 27.8. The van der Waals surface area contributed by atoms with E-state index in [1.165, 1.54) is 11.1 Å². The molecule has 60 heavy (non-hydrogen) atoms. The third-order valence-electron chi connectivity index (χ3n) is 11.9. The van der Waals surface area contributed by atoms with Gasteiger partial charge in [0.15, 0.2) is 0 Å². The van der Waals surface area contributed by atoms with Crippen molar-refractivity contribution in [3.05, 3.63) is 162 Å². The normalized spacial score (nSPS) is 12.5. The fourth-order valence-electron chi connectivity index (χ4n) is 7.95. The van der Waals surface area contributed by atoms with Crippen LogP contribution in [-0.4, -0.2) is 24.6 Å². The van der Waals surface area contributed by atoms with Crippen molar-refractivity contribution in [2.75, 3.05) is 0 Å². The van der Waals surface area contributed by atoms with Crippen molar-refractivity contribution in [2.45, 2.75) is 97.8 Å². The number of phenolic OH excluding ortho intramolecular Hbond substituents is 1. The minimum Gasteiger partial charge on any atom is -0.507 e. The van der Waals surface area contributed by atoms with Crippen molar-refractivity contribution in [2.24, 2.45) is 0 Å². The Kier molecular flexibility index (Phi) is 11.1. The first-order valence-electron chi connectivity index (χ1n) is 20.7. The topological polar surface area (TPSA) is 63.8 Å². The molecule has 5 nitrogen and oxygen atoms in total. The first-order valence-corrected chi connectivity index (χ1v) is 20.7. The van der Waals surface area contributed by atoms with E-state index >= 15 is 0 Å². The molecule has 0 aliphatic heterocycles. The number of imidazole rings is 1. The molecule has 0 amide bonds. The van der Waals surface area contributed by atoms with E-state index in [0.717, 1.165) is 66.7 Å². The predicted octanol–water partition coefficient (Wildman–Crippen LogP) is 13.7. The van der Waals surface area contributed by atoms with E-state index < -0.39 is 0 Å². The summed E-state index contributed by atoms with van der Waals surface area (Å²) in [5, 5.41) is 12.7. The van der Waals surface area contributed by atoms with E-state index in [0.29, 0.717) is 11.4 Å². The smallest absolute Gasteiger partial charge is 0.149 e. The van der Waals surface area contributed by atoms with Crippen molar-refractivity contribution in [3.63, 3.8) is 0 Å². The van der Waals surface area contributed by atoms with Gasteiger partial charge in [0.25, 0.3) is 0 Å². The number of para-hydroxylation sites is 1. The van der Waals surface area contributed by atoms with Gasteiger partial charge >= 0.3 is 0 Å². The Hall–Kier alpha value is -5.38. The van der Waals surface area contributed by atoms with Gasteiger partial charge in [-0.15, -0.1) is 34.9 Å². The minimum absolute atomic E-state index is 0. The van der Waals surface area contributed by atoms with E-state index in [1.54, 1.807) is 6.07 Å². The quantitative estimate of drug-likeness (QED) is 0.169. The molecule has 0 fully saturated rings. The fraction of sp³-hybridized carbons (Fsp3) is 0.278. The first kappa shape index (κ1) is 42.7. The van der Waals surface area contributed by atoms with Gasteiger partial charge in [-0.05, 0) is 74.2 Å². The summed E-state index contributed by atoms with van der Waals surface area (Å²) in [5.41, 5.74) is 12.4.